The van der Waals surface area contributed by atoms with Crippen LogP contribution in [0.25, 0.3) is 22.5 Å². The van der Waals surface area contributed by atoms with Gasteiger partial charge < -0.3 is 9.30 Å². The number of rotatable bonds is 5. The third kappa shape index (κ3) is 4.65. The standard InChI is InChI=1S/C29H31N5O/c1-3-28(35)33-16-14-32(15-17-33)20-26-29(22-10-8-21(2)9-11-22)31-27-13-12-24(19-34(26)27)25-7-5-4-6-23(25)18-30/h5,7-13,19H,3-4,6,14-17,20H2,1-2H3. The van der Waals surface area contributed by atoms with Crippen LogP contribution in [0.15, 0.2) is 60.3 Å². The molecule has 3 aromatic rings. The maximum absolute atomic E-state index is 12.1. The van der Waals surface area contributed by atoms with E-state index < -0.39 is 0 Å². The van der Waals surface area contributed by atoms with Crippen molar-refractivity contribution in [3.05, 3.63) is 77.1 Å². The first-order valence-corrected chi connectivity index (χ1v) is 12.5. The highest BCUT2D eigenvalue weighted by molar-refractivity contribution is 5.81. The van der Waals surface area contributed by atoms with E-state index in [-0.39, 0.29) is 5.91 Å². The van der Waals surface area contributed by atoms with Crippen molar-refractivity contribution in [3.63, 3.8) is 0 Å². The van der Waals surface area contributed by atoms with Gasteiger partial charge in [0.1, 0.15) is 5.65 Å². The number of nitriles is 1. The zero-order valence-corrected chi connectivity index (χ0v) is 20.5. The summed E-state index contributed by atoms with van der Waals surface area (Å²) in [7, 11) is 0. The summed E-state index contributed by atoms with van der Waals surface area (Å²) in [4.78, 5) is 21.5. The Morgan fingerprint density at radius 3 is 2.51 bits per heavy atom. The van der Waals surface area contributed by atoms with Gasteiger partial charge in [-0.05, 0) is 43.0 Å². The van der Waals surface area contributed by atoms with Crippen molar-refractivity contribution in [2.45, 2.75) is 39.7 Å². The topological polar surface area (TPSA) is 64.6 Å². The number of carbonyl (C=O) groups excluding carboxylic acids is 1. The monoisotopic (exact) mass is 465 g/mol. The summed E-state index contributed by atoms with van der Waals surface area (Å²) in [5.74, 6) is 0.228. The van der Waals surface area contributed by atoms with Crippen LogP contribution in [0.3, 0.4) is 0 Å². The van der Waals surface area contributed by atoms with Gasteiger partial charge in [0.2, 0.25) is 5.91 Å². The minimum Gasteiger partial charge on any atom is -0.340 e. The zero-order valence-electron chi connectivity index (χ0n) is 20.5. The Morgan fingerprint density at radius 1 is 1.06 bits per heavy atom. The third-order valence-electron chi connectivity index (χ3n) is 7.06. The molecule has 1 saturated heterocycles. The maximum Gasteiger partial charge on any atom is 0.222 e. The fourth-order valence-electron chi connectivity index (χ4n) is 4.99. The first-order chi connectivity index (χ1) is 17.1. The Morgan fingerprint density at radius 2 is 1.80 bits per heavy atom. The van der Waals surface area contributed by atoms with Gasteiger partial charge >= 0.3 is 0 Å². The highest BCUT2D eigenvalue weighted by Gasteiger charge is 2.23. The van der Waals surface area contributed by atoms with Crippen LogP contribution in [-0.4, -0.2) is 51.3 Å². The third-order valence-corrected chi connectivity index (χ3v) is 7.06. The SMILES string of the molecule is CCC(=O)N1CCN(Cc2c(-c3ccc(C)cc3)nc3ccc(C4=C(C#N)CCC=C4)cn23)CC1. The van der Waals surface area contributed by atoms with Crippen molar-refractivity contribution in [2.24, 2.45) is 0 Å². The number of pyridine rings is 1. The largest absolute Gasteiger partial charge is 0.340 e. The quantitative estimate of drug-likeness (QED) is 0.532. The van der Waals surface area contributed by atoms with Crippen molar-refractivity contribution in [2.75, 3.05) is 26.2 Å². The van der Waals surface area contributed by atoms with Crippen molar-refractivity contribution < 1.29 is 4.79 Å². The van der Waals surface area contributed by atoms with Crippen LogP contribution in [0.5, 0.6) is 0 Å². The molecule has 178 valence electrons. The van der Waals surface area contributed by atoms with Crippen molar-refractivity contribution in [1.29, 1.82) is 5.26 Å². The molecular formula is C29H31N5O. The van der Waals surface area contributed by atoms with Gasteiger partial charge in [0.25, 0.3) is 0 Å². The van der Waals surface area contributed by atoms with E-state index in [4.69, 9.17) is 4.98 Å². The summed E-state index contributed by atoms with van der Waals surface area (Å²) in [6.45, 7) is 7.98. The lowest BCUT2D eigenvalue weighted by atomic mass is 9.94. The molecule has 1 fully saturated rings. The molecule has 0 saturated carbocycles. The number of aromatic nitrogens is 2. The van der Waals surface area contributed by atoms with Crippen LogP contribution in [0, 0.1) is 18.3 Å². The maximum atomic E-state index is 12.1. The fraction of sp³-hybridized carbons (Fsp3) is 0.345. The normalized spacial score (nSPS) is 16.7. The summed E-state index contributed by atoms with van der Waals surface area (Å²) < 4.78 is 2.19. The lowest BCUT2D eigenvalue weighted by Gasteiger charge is -2.34. The number of piperazine rings is 1. The van der Waals surface area contributed by atoms with Gasteiger partial charge in [-0.15, -0.1) is 0 Å². The molecule has 2 aliphatic rings. The summed E-state index contributed by atoms with van der Waals surface area (Å²) >= 11 is 0. The van der Waals surface area contributed by atoms with E-state index in [1.54, 1.807) is 0 Å². The first-order valence-electron chi connectivity index (χ1n) is 12.5. The minimum atomic E-state index is 0.228. The van der Waals surface area contributed by atoms with Crippen molar-refractivity contribution in [1.82, 2.24) is 19.2 Å². The molecule has 6 nitrogen and oxygen atoms in total. The van der Waals surface area contributed by atoms with Gasteiger partial charge in [-0.3, -0.25) is 9.69 Å². The van der Waals surface area contributed by atoms with Gasteiger partial charge in [0.05, 0.1) is 17.5 Å². The lowest BCUT2D eigenvalue weighted by molar-refractivity contribution is -0.132. The summed E-state index contributed by atoms with van der Waals surface area (Å²) in [5, 5.41) is 9.66. The van der Waals surface area contributed by atoms with Gasteiger partial charge in [-0.25, -0.2) is 4.98 Å². The molecule has 0 radical (unpaired) electrons. The predicted octanol–water partition coefficient (Wildman–Crippen LogP) is 4.99. The van der Waals surface area contributed by atoms with E-state index in [1.807, 2.05) is 11.8 Å². The first kappa shape index (κ1) is 23.1. The number of nitrogens with zero attached hydrogens (tertiary/aromatic N) is 5. The molecule has 0 unspecified atom stereocenters. The van der Waals surface area contributed by atoms with E-state index in [9.17, 15) is 10.1 Å². The zero-order chi connectivity index (χ0) is 24.4. The molecule has 0 spiro atoms. The van der Waals surface area contributed by atoms with Crippen molar-refractivity contribution >= 4 is 17.1 Å². The number of hydrogen-bond acceptors (Lipinski definition) is 4. The van der Waals surface area contributed by atoms with Crippen LogP contribution in [0.4, 0.5) is 0 Å². The van der Waals surface area contributed by atoms with Gasteiger partial charge in [-0.1, -0.05) is 48.9 Å². The van der Waals surface area contributed by atoms with E-state index in [0.717, 1.165) is 84.9 Å². The van der Waals surface area contributed by atoms with Gasteiger partial charge in [0.15, 0.2) is 0 Å². The second-order valence-electron chi connectivity index (χ2n) is 9.37. The molecule has 3 heterocycles. The number of fused-ring (bicyclic) bond motifs is 1. The number of allylic oxidation sites excluding steroid dienone is 4. The predicted molar refractivity (Wildman–Crippen MR) is 138 cm³/mol. The van der Waals surface area contributed by atoms with E-state index in [2.05, 4.69) is 77.0 Å². The second kappa shape index (κ2) is 9.89. The molecule has 0 bridgehead atoms. The molecule has 6 heteroatoms. The molecule has 0 N–H and O–H groups in total. The van der Waals surface area contributed by atoms with Crippen molar-refractivity contribution in [3.8, 4) is 17.3 Å². The van der Waals surface area contributed by atoms with E-state index >= 15 is 0 Å². The number of carbonyl (C=O) groups is 1. The van der Waals surface area contributed by atoms with E-state index in [1.165, 1.54) is 5.56 Å². The Labute approximate surface area is 206 Å². The van der Waals surface area contributed by atoms with Gasteiger partial charge in [-0.2, -0.15) is 5.26 Å². The molecule has 1 aromatic carbocycles. The molecule has 2 aromatic heterocycles. The number of benzene rings is 1. The minimum absolute atomic E-state index is 0.228. The van der Waals surface area contributed by atoms with Crippen LogP contribution in [0.1, 0.15) is 43.0 Å². The van der Waals surface area contributed by atoms with Crippen LogP contribution < -0.4 is 0 Å². The average Bonchev–Trinajstić information content (AvgIpc) is 3.26. The molecule has 1 aliphatic heterocycles. The molecule has 5 rings (SSSR count). The summed E-state index contributed by atoms with van der Waals surface area (Å²) in [5.41, 5.74) is 8.23. The van der Waals surface area contributed by atoms with E-state index in [0.29, 0.717) is 6.42 Å². The Balaban J connectivity index is 1.55. The van der Waals surface area contributed by atoms with Crippen LogP contribution in [0.2, 0.25) is 0 Å². The second-order valence-corrected chi connectivity index (χ2v) is 9.37. The average molecular weight is 466 g/mol. The highest BCUT2D eigenvalue weighted by Crippen LogP contribution is 2.31. The fourth-order valence-corrected chi connectivity index (χ4v) is 4.99. The number of hydrogen-bond donors (Lipinski definition) is 0. The Kier molecular flexibility index (Phi) is 6.52. The molecule has 1 aliphatic carbocycles. The smallest absolute Gasteiger partial charge is 0.222 e. The lowest BCUT2D eigenvalue weighted by Crippen LogP contribution is -2.48. The molecule has 35 heavy (non-hydrogen) atoms. The number of aryl methyl sites for hydroxylation is 1. The summed E-state index contributed by atoms with van der Waals surface area (Å²) in [6, 6.07) is 15.1. The Bertz CT molecular complexity index is 1350. The van der Waals surface area contributed by atoms with Crippen LogP contribution >= 0.6 is 0 Å². The summed E-state index contributed by atoms with van der Waals surface area (Å²) in [6.07, 6.45) is 8.60. The Hall–Kier alpha value is -3.69. The molecule has 1 amide bonds. The highest BCUT2D eigenvalue weighted by atomic mass is 16.2. The molecule has 0 atom stereocenters. The van der Waals surface area contributed by atoms with Gasteiger partial charge in [0, 0.05) is 56.5 Å². The molecular weight excluding hydrogens is 434 g/mol. The van der Waals surface area contributed by atoms with Crippen LogP contribution in [-0.2, 0) is 11.3 Å². The number of imidazole rings is 1. The number of amides is 1.